The molecule has 31 heavy (non-hydrogen) atoms. The lowest BCUT2D eigenvalue weighted by Crippen LogP contribution is -2.17. The van der Waals surface area contributed by atoms with Crippen LogP contribution < -0.4 is 10.6 Å². The van der Waals surface area contributed by atoms with Gasteiger partial charge in [0.05, 0.1) is 11.1 Å². The molecule has 0 saturated carbocycles. The maximum atomic E-state index is 12.6. The monoisotopic (exact) mass is 416 g/mol. The second-order valence-corrected chi connectivity index (χ2v) is 8.17. The first-order chi connectivity index (χ1) is 14.6. The van der Waals surface area contributed by atoms with Gasteiger partial charge in [-0.1, -0.05) is 51.1 Å². The van der Waals surface area contributed by atoms with Gasteiger partial charge in [-0.25, -0.2) is 4.79 Å². The van der Waals surface area contributed by atoms with Crippen molar-refractivity contribution < 1.29 is 19.5 Å². The maximum absolute atomic E-state index is 12.6. The van der Waals surface area contributed by atoms with E-state index in [1.807, 2.05) is 12.1 Å². The molecule has 0 heterocycles. The Labute approximate surface area is 180 Å². The number of carboxylic acids is 1. The van der Waals surface area contributed by atoms with E-state index in [-0.39, 0.29) is 22.4 Å². The van der Waals surface area contributed by atoms with Crippen molar-refractivity contribution >= 4 is 29.2 Å². The average molecular weight is 416 g/mol. The molecule has 158 valence electrons. The standard InChI is InChI=1S/C25H24N2O4/c1-25(2,3)17-13-11-16(12-14-17)22(28)26-18-7-6-8-19(15-18)27-23(29)20-9-4-5-10-21(20)24(30)31/h4-15H,1-3H3,(H,26,28)(H,27,29)(H,30,31). The van der Waals surface area contributed by atoms with Crippen LogP contribution in [0.1, 0.15) is 57.4 Å². The molecule has 2 amide bonds. The Hall–Kier alpha value is -3.93. The molecule has 0 spiro atoms. The van der Waals surface area contributed by atoms with E-state index < -0.39 is 11.9 Å². The van der Waals surface area contributed by atoms with E-state index in [1.54, 1.807) is 48.5 Å². The van der Waals surface area contributed by atoms with E-state index in [2.05, 4.69) is 31.4 Å². The summed E-state index contributed by atoms with van der Waals surface area (Å²) in [5.41, 5.74) is 2.58. The van der Waals surface area contributed by atoms with Gasteiger partial charge in [0.25, 0.3) is 11.8 Å². The van der Waals surface area contributed by atoms with Crippen LogP contribution in [-0.4, -0.2) is 22.9 Å². The quantitative estimate of drug-likeness (QED) is 0.534. The molecule has 0 aliphatic rings. The summed E-state index contributed by atoms with van der Waals surface area (Å²) in [5, 5.41) is 14.8. The number of anilines is 2. The molecule has 0 atom stereocenters. The Morgan fingerprint density at radius 1 is 0.710 bits per heavy atom. The number of aromatic carboxylic acids is 1. The first-order valence-corrected chi connectivity index (χ1v) is 9.81. The van der Waals surface area contributed by atoms with E-state index in [0.717, 1.165) is 5.56 Å². The van der Waals surface area contributed by atoms with Gasteiger partial charge in [0.2, 0.25) is 0 Å². The Morgan fingerprint density at radius 2 is 1.26 bits per heavy atom. The Balaban J connectivity index is 1.73. The Kier molecular flexibility index (Phi) is 6.20. The molecular weight excluding hydrogens is 392 g/mol. The Morgan fingerprint density at radius 3 is 1.81 bits per heavy atom. The normalized spacial score (nSPS) is 10.9. The molecule has 3 aromatic rings. The summed E-state index contributed by atoms with van der Waals surface area (Å²) in [5.74, 6) is -1.98. The number of carboxylic acid groups (broad SMARTS) is 1. The molecule has 0 fully saturated rings. The van der Waals surface area contributed by atoms with Crippen LogP contribution in [0.15, 0.2) is 72.8 Å². The Bertz CT molecular complexity index is 1130. The van der Waals surface area contributed by atoms with E-state index in [9.17, 15) is 19.5 Å². The number of hydrogen-bond donors (Lipinski definition) is 3. The summed E-state index contributed by atoms with van der Waals surface area (Å²) in [4.78, 5) is 36.5. The summed E-state index contributed by atoms with van der Waals surface area (Å²) in [7, 11) is 0. The molecule has 0 unspecified atom stereocenters. The summed E-state index contributed by atoms with van der Waals surface area (Å²) < 4.78 is 0. The van der Waals surface area contributed by atoms with Crippen molar-refractivity contribution in [1.29, 1.82) is 0 Å². The topological polar surface area (TPSA) is 95.5 Å². The van der Waals surface area contributed by atoms with Crippen molar-refractivity contribution in [3.8, 4) is 0 Å². The average Bonchev–Trinajstić information content (AvgIpc) is 2.73. The molecule has 0 saturated heterocycles. The minimum Gasteiger partial charge on any atom is -0.478 e. The van der Waals surface area contributed by atoms with E-state index in [1.165, 1.54) is 12.1 Å². The van der Waals surface area contributed by atoms with Gasteiger partial charge in [-0.15, -0.1) is 0 Å². The highest BCUT2D eigenvalue weighted by atomic mass is 16.4. The van der Waals surface area contributed by atoms with Crippen LogP contribution in [0.2, 0.25) is 0 Å². The van der Waals surface area contributed by atoms with Gasteiger partial charge in [-0.05, 0) is 53.4 Å². The van der Waals surface area contributed by atoms with E-state index in [0.29, 0.717) is 16.9 Å². The highest BCUT2D eigenvalue weighted by Gasteiger charge is 2.17. The highest BCUT2D eigenvalue weighted by Crippen LogP contribution is 2.23. The van der Waals surface area contributed by atoms with Crippen molar-refractivity contribution in [2.24, 2.45) is 0 Å². The fourth-order valence-electron chi connectivity index (χ4n) is 3.07. The van der Waals surface area contributed by atoms with Crippen molar-refractivity contribution in [3.05, 3.63) is 95.1 Å². The summed E-state index contributed by atoms with van der Waals surface area (Å²) in [6.07, 6.45) is 0. The predicted octanol–water partition coefficient (Wildman–Crippen LogP) is 5.19. The molecule has 0 radical (unpaired) electrons. The van der Waals surface area contributed by atoms with Crippen LogP contribution in [-0.2, 0) is 5.41 Å². The number of carbonyl (C=O) groups excluding carboxylic acids is 2. The molecule has 0 aromatic heterocycles. The molecule has 3 aromatic carbocycles. The molecule has 6 heteroatoms. The molecule has 3 rings (SSSR count). The summed E-state index contributed by atoms with van der Waals surface area (Å²) >= 11 is 0. The molecule has 0 aliphatic heterocycles. The number of hydrogen-bond acceptors (Lipinski definition) is 3. The fraction of sp³-hybridized carbons (Fsp3) is 0.160. The highest BCUT2D eigenvalue weighted by molar-refractivity contribution is 6.11. The number of rotatable bonds is 5. The second-order valence-electron chi connectivity index (χ2n) is 8.17. The molecule has 0 bridgehead atoms. The van der Waals surface area contributed by atoms with Crippen LogP contribution in [0.3, 0.4) is 0 Å². The molecular formula is C25H24N2O4. The van der Waals surface area contributed by atoms with Gasteiger partial charge < -0.3 is 15.7 Å². The zero-order valence-electron chi connectivity index (χ0n) is 17.6. The van der Waals surface area contributed by atoms with Gasteiger partial charge >= 0.3 is 5.97 Å². The van der Waals surface area contributed by atoms with Gasteiger partial charge in [0.15, 0.2) is 0 Å². The number of amides is 2. The minimum absolute atomic E-state index is 0.000795. The third kappa shape index (κ3) is 5.36. The lowest BCUT2D eigenvalue weighted by atomic mass is 9.87. The van der Waals surface area contributed by atoms with Gasteiger partial charge in [0.1, 0.15) is 0 Å². The minimum atomic E-state index is -1.18. The molecule has 3 N–H and O–H groups in total. The lowest BCUT2D eigenvalue weighted by Gasteiger charge is -2.19. The van der Waals surface area contributed by atoms with Crippen molar-refractivity contribution in [3.63, 3.8) is 0 Å². The fourth-order valence-corrected chi connectivity index (χ4v) is 3.07. The second kappa shape index (κ2) is 8.83. The SMILES string of the molecule is CC(C)(C)c1ccc(C(=O)Nc2cccc(NC(=O)c3ccccc3C(=O)O)c2)cc1. The summed E-state index contributed by atoms with van der Waals surface area (Å²) in [6, 6.07) is 20.1. The zero-order valence-corrected chi connectivity index (χ0v) is 17.6. The van der Waals surface area contributed by atoms with Crippen LogP contribution in [0.4, 0.5) is 11.4 Å². The van der Waals surface area contributed by atoms with Crippen LogP contribution in [0, 0.1) is 0 Å². The van der Waals surface area contributed by atoms with Gasteiger partial charge in [0, 0.05) is 16.9 Å². The van der Waals surface area contributed by atoms with Crippen LogP contribution in [0.25, 0.3) is 0 Å². The van der Waals surface area contributed by atoms with Crippen molar-refractivity contribution in [1.82, 2.24) is 0 Å². The van der Waals surface area contributed by atoms with E-state index in [4.69, 9.17) is 0 Å². The number of nitrogens with one attached hydrogen (secondary N) is 2. The van der Waals surface area contributed by atoms with Crippen molar-refractivity contribution in [2.45, 2.75) is 26.2 Å². The van der Waals surface area contributed by atoms with Gasteiger partial charge in [-0.3, -0.25) is 9.59 Å². The summed E-state index contributed by atoms with van der Waals surface area (Å²) in [6.45, 7) is 6.32. The molecule has 0 aliphatic carbocycles. The van der Waals surface area contributed by atoms with Crippen LogP contribution in [0.5, 0.6) is 0 Å². The first-order valence-electron chi connectivity index (χ1n) is 9.81. The molecule has 6 nitrogen and oxygen atoms in total. The first kappa shape index (κ1) is 21.8. The third-order valence-corrected chi connectivity index (χ3v) is 4.79. The number of benzene rings is 3. The van der Waals surface area contributed by atoms with E-state index >= 15 is 0 Å². The lowest BCUT2D eigenvalue weighted by molar-refractivity contribution is 0.0692. The van der Waals surface area contributed by atoms with Gasteiger partial charge in [-0.2, -0.15) is 0 Å². The number of carbonyl (C=O) groups is 3. The van der Waals surface area contributed by atoms with Crippen LogP contribution >= 0.6 is 0 Å². The largest absolute Gasteiger partial charge is 0.478 e. The zero-order chi connectivity index (χ0) is 22.6. The maximum Gasteiger partial charge on any atom is 0.336 e. The smallest absolute Gasteiger partial charge is 0.336 e. The van der Waals surface area contributed by atoms with Crippen molar-refractivity contribution in [2.75, 3.05) is 10.6 Å². The third-order valence-electron chi connectivity index (χ3n) is 4.79. The predicted molar refractivity (Wildman–Crippen MR) is 121 cm³/mol.